The predicted octanol–water partition coefficient (Wildman–Crippen LogP) is -0.111. The third-order valence-corrected chi connectivity index (χ3v) is 5.60. The molecule has 1 aliphatic rings. The molecule has 5 N–H and O–H groups in total. The Bertz CT molecular complexity index is 1440. The number of aromatic hydroxyl groups is 1. The zero-order valence-corrected chi connectivity index (χ0v) is 15.7. The van der Waals surface area contributed by atoms with Crippen molar-refractivity contribution in [3.63, 3.8) is 0 Å². The fourth-order valence-corrected chi connectivity index (χ4v) is 3.75. The molecule has 29 heavy (non-hydrogen) atoms. The number of aromatic nitrogens is 5. The molecule has 0 spiro atoms. The van der Waals surface area contributed by atoms with E-state index >= 15 is 0 Å². The smallest absolute Gasteiger partial charge is 0.326 e. The Hall–Kier alpha value is -3.73. The number of H-pyrrole nitrogens is 2. The monoisotopic (exact) mass is 409 g/mol. The fraction of sp³-hybridized carbons (Fsp3) is 0.167. The summed E-state index contributed by atoms with van der Waals surface area (Å²) >= 11 is 1.25. The highest BCUT2D eigenvalue weighted by molar-refractivity contribution is 7.17. The SMILES string of the molecule is NC(=O)c1ccc(-c2cc(=NC3CC3)n3ncc(=Cc4[nH]c(=O)[nH]c4O)c3n2)s1. The number of nitrogens with zero attached hydrogens (tertiary/aromatic N) is 4. The molecule has 0 aliphatic heterocycles. The Kier molecular flexibility index (Phi) is 3.84. The van der Waals surface area contributed by atoms with Crippen LogP contribution in [0.3, 0.4) is 0 Å². The first kappa shape index (κ1) is 17.4. The summed E-state index contributed by atoms with van der Waals surface area (Å²) in [5, 5.41) is 14.8. The molecule has 0 atom stereocenters. The zero-order valence-electron chi connectivity index (χ0n) is 14.9. The molecule has 1 amide bonds. The molecular weight excluding hydrogens is 394 g/mol. The van der Waals surface area contributed by atoms with E-state index in [9.17, 15) is 14.7 Å². The van der Waals surface area contributed by atoms with Crippen LogP contribution >= 0.6 is 11.3 Å². The normalized spacial score (nSPS) is 15.4. The van der Waals surface area contributed by atoms with Gasteiger partial charge in [-0.25, -0.2) is 9.78 Å². The first-order valence-electron chi connectivity index (χ1n) is 8.83. The maximum atomic E-state index is 11.4. The molecule has 0 radical (unpaired) electrons. The molecule has 10 nitrogen and oxygen atoms in total. The Morgan fingerprint density at radius 1 is 1.38 bits per heavy atom. The lowest BCUT2D eigenvalue weighted by Gasteiger charge is -2.00. The second kappa shape index (κ2) is 6.41. The number of hydrogen-bond acceptors (Lipinski definition) is 7. The van der Waals surface area contributed by atoms with Gasteiger partial charge in [0.1, 0.15) is 5.69 Å². The molecule has 0 aromatic carbocycles. The first-order valence-corrected chi connectivity index (χ1v) is 9.65. The largest absolute Gasteiger partial charge is 0.493 e. The van der Waals surface area contributed by atoms with Crippen LogP contribution in [0.25, 0.3) is 22.3 Å². The number of fused-ring (bicyclic) bond motifs is 1. The van der Waals surface area contributed by atoms with Crippen LogP contribution in [0.1, 0.15) is 28.2 Å². The Labute approximate surface area is 166 Å². The van der Waals surface area contributed by atoms with Gasteiger partial charge in [-0.1, -0.05) is 0 Å². The number of aromatic amines is 2. The highest BCUT2D eigenvalue weighted by Gasteiger charge is 2.20. The van der Waals surface area contributed by atoms with Crippen LogP contribution < -0.4 is 22.1 Å². The van der Waals surface area contributed by atoms with E-state index in [1.807, 2.05) is 6.07 Å². The summed E-state index contributed by atoms with van der Waals surface area (Å²) in [6.07, 6.45) is 5.23. The molecule has 5 rings (SSSR count). The average molecular weight is 409 g/mol. The minimum atomic E-state index is -0.513. The summed E-state index contributed by atoms with van der Waals surface area (Å²) in [5.74, 6) is -0.756. The van der Waals surface area contributed by atoms with Crippen molar-refractivity contribution in [3.8, 4) is 16.5 Å². The number of amides is 1. The van der Waals surface area contributed by atoms with Gasteiger partial charge in [0.05, 0.1) is 27.7 Å². The second-order valence-electron chi connectivity index (χ2n) is 6.71. The molecule has 1 saturated carbocycles. The number of rotatable bonds is 4. The molecule has 0 bridgehead atoms. The first-order chi connectivity index (χ1) is 14.0. The van der Waals surface area contributed by atoms with Crippen molar-refractivity contribution in [3.05, 3.63) is 56.2 Å². The molecule has 0 saturated heterocycles. The van der Waals surface area contributed by atoms with Crippen molar-refractivity contribution in [1.29, 1.82) is 0 Å². The maximum absolute atomic E-state index is 11.4. The third-order valence-electron chi connectivity index (χ3n) is 4.48. The summed E-state index contributed by atoms with van der Waals surface area (Å²) in [4.78, 5) is 38.2. The van der Waals surface area contributed by atoms with Crippen LogP contribution in [0.5, 0.6) is 5.88 Å². The van der Waals surface area contributed by atoms with Gasteiger partial charge in [0.25, 0.3) is 5.91 Å². The van der Waals surface area contributed by atoms with E-state index in [4.69, 9.17) is 10.7 Å². The van der Waals surface area contributed by atoms with Gasteiger partial charge in [-0.05, 0) is 31.1 Å². The van der Waals surface area contributed by atoms with Crippen molar-refractivity contribution in [2.45, 2.75) is 18.9 Å². The van der Waals surface area contributed by atoms with Crippen LogP contribution in [-0.2, 0) is 0 Å². The van der Waals surface area contributed by atoms with Gasteiger partial charge in [-0.2, -0.15) is 9.61 Å². The minimum Gasteiger partial charge on any atom is -0.493 e. The van der Waals surface area contributed by atoms with E-state index in [2.05, 4.69) is 20.1 Å². The van der Waals surface area contributed by atoms with Crippen molar-refractivity contribution in [1.82, 2.24) is 24.6 Å². The van der Waals surface area contributed by atoms with E-state index in [-0.39, 0.29) is 17.6 Å². The highest BCUT2D eigenvalue weighted by Crippen LogP contribution is 2.26. The summed E-state index contributed by atoms with van der Waals surface area (Å²) < 4.78 is 1.62. The lowest BCUT2D eigenvalue weighted by atomic mass is 10.3. The van der Waals surface area contributed by atoms with Crippen LogP contribution in [0.2, 0.25) is 0 Å². The molecule has 1 fully saturated rings. The quantitative estimate of drug-likeness (QED) is 0.370. The van der Waals surface area contributed by atoms with Crippen LogP contribution in [0, 0.1) is 0 Å². The van der Waals surface area contributed by atoms with Crippen molar-refractivity contribution in [2.75, 3.05) is 0 Å². The molecule has 11 heteroatoms. The molecule has 1 aliphatic carbocycles. The van der Waals surface area contributed by atoms with E-state index in [1.54, 1.807) is 28.9 Å². The predicted molar refractivity (Wildman–Crippen MR) is 105 cm³/mol. The van der Waals surface area contributed by atoms with Gasteiger partial charge < -0.3 is 15.8 Å². The van der Waals surface area contributed by atoms with Crippen molar-refractivity contribution >= 4 is 29.0 Å². The topological polar surface area (TPSA) is 155 Å². The van der Waals surface area contributed by atoms with E-state index in [0.29, 0.717) is 26.9 Å². The van der Waals surface area contributed by atoms with Gasteiger partial charge >= 0.3 is 5.69 Å². The van der Waals surface area contributed by atoms with Gasteiger partial charge in [0, 0.05) is 11.3 Å². The summed E-state index contributed by atoms with van der Waals surface area (Å²) in [7, 11) is 0. The maximum Gasteiger partial charge on any atom is 0.326 e. The van der Waals surface area contributed by atoms with Crippen molar-refractivity contribution < 1.29 is 9.90 Å². The number of primary amides is 1. The van der Waals surface area contributed by atoms with E-state index in [0.717, 1.165) is 17.7 Å². The lowest BCUT2D eigenvalue weighted by molar-refractivity contribution is 0.100. The lowest BCUT2D eigenvalue weighted by Crippen LogP contribution is -2.19. The fourth-order valence-electron chi connectivity index (χ4n) is 2.93. The van der Waals surface area contributed by atoms with Gasteiger partial charge in [0.15, 0.2) is 11.1 Å². The second-order valence-corrected chi connectivity index (χ2v) is 7.79. The number of hydrogen-bond donors (Lipinski definition) is 4. The number of nitrogens with one attached hydrogen (secondary N) is 2. The van der Waals surface area contributed by atoms with Gasteiger partial charge in [-0.3, -0.25) is 14.8 Å². The van der Waals surface area contributed by atoms with Crippen molar-refractivity contribution in [2.24, 2.45) is 10.7 Å². The zero-order chi connectivity index (χ0) is 20.1. The Morgan fingerprint density at radius 2 is 2.21 bits per heavy atom. The van der Waals surface area contributed by atoms with Gasteiger partial charge in [-0.15, -0.1) is 11.3 Å². The summed E-state index contributed by atoms with van der Waals surface area (Å²) in [6.45, 7) is 0. The number of thiophene rings is 1. The molecule has 4 aromatic heterocycles. The molecule has 146 valence electrons. The molecule has 4 aromatic rings. The number of nitrogens with two attached hydrogens (primary N) is 1. The average Bonchev–Trinajstić information content (AvgIpc) is 3.08. The number of imidazole rings is 1. The van der Waals surface area contributed by atoms with Gasteiger partial charge in [0.2, 0.25) is 5.88 Å². The highest BCUT2D eigenvalue weighted by atomic mass is 32.1. The third kappa shape index (κ3) is 3.21. The van der Waals surface area contributed by atoms with Crippen LogP contribution in [-0.4, -0.2) is 41.6 Å². The Morgan fingerprint density at radius 3 is 2.86 bits per heavy atom. The summed E-state index contributed by atoms with van der Waals surface area (Å²) in [6, 6.07) is 5.55. The molecular formula is C18H15N7O3S. The Balaban J connectivity index is 1.75. The standard InChI is InChI=1S/C18H15N7O3S/c19-15(26)13-4-3-12(29-13)10-6-14(21-9-1-2-9)25-16(22-10)8(7-20-25)5-11-17(27)24-18(28)23-11/h3-7,9,27H,1-2H2,(H2,19,26)(H2,23,24,28). The molecule has 0 unspecified atom stereocenters. The summed E-state index contributed by atoms with van der Waals surface area (Å²) in [5.41, 5.74) is 6.87. The number of carbonyl (C=O) groups excluding carboxylic acids is 1. The van der Waals surface area contributed by atoms with Crippen LogP contribution in [0.4, 0.5) is 0 Å². The van der Waals surface area contributed by atoms with E-state index in [1.165, 1.54) is 11.3 Å². The minimum absolute atomic E-state index is 0.227. The molecule has 4 heterocycles. The van der Waals surface area contributed by atoms with E-state index < -0.39 is 11.6 Å². The van der Waals surface area contributed by atoms with Crippen LogP contribution in [0.15, 0.2) is 34.2 Å². The number of carbonyl (C=O) groups is 1.